The van der Waals surface area contributed by atoms with E-state index in [4.69, 9.17) is 11.6 Å². The zero-order valence-electron chi connectivity index (χ0n) is 17.9. The standard InChI is InChI=1S/C24H31ClN2O2S/c1-4-18(3)26-24(29)22(5-2)27(17-19-11-13-20(25)14-12-19)23(28)15-16-30-21-9-7-6-8-10-21/h6-14,18,22H,4-5,15-17H2,1-3H3,(H,26,29)/t18-,22-/m1/s1. The number of carbonyl (C=O) groups excluding carboxylic acids is 2. The molecule has 0 unspecified atom stereocenters. The van der Waals surface area contributed by atoms with Gasteiger partial charge in [0.05, 0.1) is 0 Å². The average molecular weight is 447 g/mol. The molecule has 2 atom stereocenters. The Kier molecular flexibility index (Phi) is 10.2. The van der Waals surface area contributed by atoms with Gasteiger partial charge in [0.2, 0.25) is 11.8 Å². The molecule has 4 nitrogen and oxygen atoms in total. The normalized spacial score (nSPS) is 12.8. The quantitative estimate of drug-likeness (QED) is 0.460. The van der Waals surface area contributed by atoms with E-state index in [9.17, 15) is 9.59 Å². The highest BCUT2D eigenvalue weighted by Gasteiger charge is 2.28. The van der Waals surface area contributed by atoms with Crippen molar-refractivity contribution in [3.63, 3.8) is 0 Å². The molecule has 0 saturated heterocycles. The summed E-state index contributed by atoms with van der Waals surface area (Å²) < 4.78 is 0. The van der Waals surface area contributed by atoms with Gasteiger partial charge in [0.1, 0.15) is 6.04 Å². The summed E-state index contributed by atoms with van der Waals surface area (Å²) in [7, 11) is 0. The summed E-state index contributed by atoms with van der Waals surface area (Å²) in [5.74, 6) is 0.563. The van der Waals surface area contributed by atoms with Crippen LogP contribution in [0.2, 0.25) is 5.02 Å². The van der Waals surface area contributed by atoms with Gasteiger partial charge in [-0.3, -0.25) is 9.59 Å². The summed E-state index contributed by atoms with van der Waals surface area (Å²) in [6, 6.07) is 17.0. The molecule has 0 bridgehead atoms. The second kappa shape index (κ2) is 12.7. The molecule has 2 rings (SSSR count). The van der Waals surface area contributed by atoms with Crippen molar-refractivity contribution in [1.29, 1.82) is 0 Å². The molecular formula is C24H31ClN2O2S. The van der Waals surface area contributed by atoms with E-state index in [1.165, 1.54) is 0 Å². The molecule has 0 fully saturated rings. The predicted octanol–water partition coefficient (Wildman–Crippen LogP) is 5.54. The number of nitrogens with one attached hydrogen (secondary N) is 1. The first-order chi connectivity index (χ1) is 14.4. The molecule has 2 aromatic carbocycles. The number of benzene rings is 2. The Morgan fingerprint density at radius 3 is 2.30 bits per heavy atom. The van der Waals surface area contributed by atoms with Crippen LogP contribution in [0.1, 0.15) is 45.6 Å². The first-order valence-corrected chi connectivity index (χ1v) is 11.8. The Balaban J connectivity index is 2.12. The van der Waals surface area contributed by atoms with Gasteiger partial charge >= 0.3 is 0 Å². The van der Waals surface area contributed by atoms with Gasteiger partial charge in [-0.05, 0) is 49.6 Å². The highest BCUT2D eigenvalue weighted by atomic mass is 35.5. The third kappa shape index (κ3) is 7.69. The fourth-order valence-electron chi connectivity index (χ4n) is 3.06. The van der Waals surface area contributed by atoms with Crippen LogP contribution in [0.5, 0.6) is 0 Å². The highest BCUT2D eigenvalue weighted by molar-refractivity contribution is 7.99. The Hall–Kier alpha value is -1.98. The van der Waals surface area contributed by atoms with Crippen LogP contribution >= 0.6 is 23.4 Å². The molecule has 0 heterocycles. The number of hydrogen-bond acceptors (Lipinski definition) is 3. The van der Waals surface area contributed by atoms with Gasteiger partial charge in [-0.25, -0.2) is 0 Å². The van der Waals surface area contributed by atoms with Crippen LogP contribution in [-0.2, 0) is 16.1 Å². The largest absolute Gasteiger partial charge is 0.352 e. The molecule has 1 N–H and O–H groups in total. The van der Waals surface area contributed by atoms with Crippen LogP contribution in [0.25, 0.3) is 0 Å². The molecule has 162 valence electrons. The summed E-state index contributed by atoms with van der Waals surface area (Å²) in [4.78, 5) is 28.9. The van der Waals surface area contributed by atoms with E-state index in [2.05, 4.69) is 5.32 Å². The minimum absolute atomic E-state index is 0.0143. The van der Waals surface area contributed by atoms with Crippen molar-refractivity contribution in [2.24, 2.45) is 0 Å². The Morgan fingerprint density at radius 1 is 1.03 bits per heavy atom. The number of amides is 2. The van der Waals surface area contributed by atoms with Gasteiger partial charge in [-0.2, -0.15) is 0 Å². The number of hydrogen-bond donors (Lipinski definition) is 1. The molecular weight excluding hydrogens is 416 g/mol. The fourth-order valence-corrected chi connectivity index (χ4v) is 4.05. The molecule has 30 heavy (non-hydrogen) atoms. The van der Waals surface area contributed by atoms with Crippen molar-refractivity contribution in [2.75, 3.05) is 5.75 Å². The molecule has 6 heteroatoms. The maximum absolute atomic E-state index is 13.2. The molecule has 0 radical (unpaired) electrons. The summed E-state index contributed by atoms with van der Waals surface area (Å²) in [5.41, 5.74) is 0.957. The van der Waals surface area contributed by atoms with Crippen molar-refractivity contribution < 1.29 is 9.59 Å². The number of halogens is 1. The van der Waals surface area contributed by atoms with Crippen LogP contribution in [0.4, 0.5) is 0 Å². The van der Waals surface area contributed by atoms with E-state index in [1.807, 2.05) is 75.4 Å². The van der Waals surface area contributed by atoms with Gasteiger partial charge in [-0.15, -0.1) is 11.8 Å². The van der Waals surface area contributed by atoms with E-state index in [-0.39, 0.29) is 17.9 Å². The van der Waals surface area contributed by atoms with Crippen LogP contribution < -0.4 is 5.32 Å². The first kappa shape index (κ1) is 24.3. The van der Waals surface area contributed by atoms with Gasteiger partial charge in [-0.1, -0.05) is 55.8 Å². The Bertz CT molecular complexity index is 799. The monoisotopic (exact) mass is 446 g/mol. The minimum Gasteiger partial charge on any atom is -0.352 e. The summed E-state index contributed by atoms with van der Waals surface area (Å²) >= 11 is 7.65. The van der Waals surface area contributed by atoms with Crippen LogP contribution in [-0.4, -0.2) is 34.6 Å². The van der Waals surface area contributed by atoms with E-state index in [0.29, 0.717) is 30.2 Å². The van der Waals surface area contributed by atoms with Crippen molar-refractivity contribution in [3.05, 3.63) is 65.2 Å². The zero-order chi connectivity index (χ0) is 21.9. The minimum atomic E-state index is -0.496. The van der Waals surface area contributed by atoms with E-state index in [0.717, 1.165) is 16.9 Å². The molecule has 0 spiro atoms. The third-order valence-electron chi connectivity index (χ3n) is 4.98. The summed E-state index contributed by atoms with van der Waals surface area (Å²) in [6.07, 6.45) is 1.79. The predicted molar refractivity (Wildman–Crippen MR) is 126 cm³/mol. The van der Waals surface area contributed by atoms with Gasteiger partial charge in [0.25, 0.3) is 0 Å². The van der Waals surface area contributed by atoms with Gasteiger partial charge in [0.15, 0.2) is 0 Å². The van der Waals surface area contributed by atoms with Crippen LogP contribution in [0.15, 0.2) is 59.5 Å². The molecule has 0 aliphatic carbocycles. The molecule has 2 aromatic rings. The lowest BCUT2D eigenvalue weighted by molar-refractivity contribution is -0.141. The van der Waals surface area contributed by atoms with Crippen LogP contribution in [0.3, 0.4) is 0 Å². The molecule has 0 saturated carbocycles. The Labute approximate surface area is 189 Å². The third-order valence-corrected chi connectivity index (χ3v) is 6.25. The summed E-state index contributed by atoms with van der Waals surface area (Å²) in [5, 5.41) is 3.68. The SMILES string of the molecule is CC[C@@H](C)NC(=O)[C@@H](CC)N(Cc1ccc(Cl)cc1)C(=O)CCSc1ccccc1. The maximum Gasteiger partial charge on any atom is 0.243 e. The second-order valence-electron chi connectivity index (χ2n) is 7.30. The molecule has 0 aliphatic rings. The van der Waals surface area contributed by atoms with E-state index >= 15 is 0 Å². The van der Waals surface area contributed by atoms with E-state index in [1.54, 1.807) is 16.7 Å². The lowest BCUT2D eigenvalue weighted by Crippen LogP contribution is -2.50. The first-order valence-electron chi connectivity index (χ1n) is 10.5. The number of carbonyl (C=O) groups is 2. The van der Waals surface area contributed by atoms with Crippen molar-refractivity contribution >= 4 is 35.2 Å². The highest BCUT2D eigenvalue weighted by Crippen LogP contribution is 2.20. The second-order valence-corrected chi connectivity index (χ2v) is 8.91. The lowest BCUT2D eigenvalue weighted by atomic mass is 10.1. The van der Waals surface area contributed by atoms with E-state index < -0.39 is 6.04 Å². The van der Waals surface area contributed by atoms with Crippen molar-refractivity contribution in [3.8, 4) is 0 Å². The Morgan fingerprint density at radius 2 is 1.70 bits per heavy atom. The average Bonchev–Trinajstić information content (AvgIpc) is 2.75. The lowest BCUT2D eigenvalue weighted by Gasteiger charge is -2.31. The van der Waals surface area contributed by atoms with Gasteiger partial charge in [0, 0.05) is 34.7 Å². The van der Waals surface area contributed by atoms with Gasteiger partial charge < -0.3 is 10.2 Å². The zero-order valence-corrected chi connectivity index (χ0v) is 19.5. The number of thioether (sulfide) groups is 1. The molecule has 0 aromatic heterocycles. The summed E-state index contributed by atoms with van der Waals surface area (Å²) in [6.45, 7) is 6.34. The number of nitrogens with zero attached hydrogens (tertiary/aromatic N) is 1. The molecule has 2 amide bonds. The fraction of sp³-hybridized carbons (Fsp3) is 0.417. The van der Waals surface area contributed by atoms with Crippen molar-refractivity contribution in [2.45, 2.75) is 63.6 Å². The smallest absolute Gasteiger partial charge is 0.243 e. The van der Waals surface area contributed by atoms with Crippen LogP contribution in [0, 0.1) is 0 Å². The maximum atomic E-state index is 13.2. The molecule has 0 aliphatic heterocycles. The topological polar surface area (TPSA) is 49.4 Å². The van der Waals surface area contributed by atoms with Crippen molar-refractivity contribution in [1.82, 2.24) is 10.2 Å². The number of rotatable bonds is 11.